The van der Waals surface area contributed by atoms with Gasteiger partial charge in [0, 0.05) is 19.3 Å². The Morgan fingerprint density at radius 2 is 1.95 bits per heavy atom. The number of ether oxygens (including phenoxy) is 1. The lowest BCUT2D eigenvalue weighted by molar-refractivity contribution is 0.117. The van der Waals surface area contributed by atoms with Crippen molar-refractivity contribution in [1.29, 1.82) is 0 Å². The van der Waals surface area contributed by atoms with Gasteiger partial charge < -0.3 is 10.1 Å². The molecule has 0 aromatic heterocycles. The molecule has 0 unspecified atom stereocenters. The first-order valence-corrected chi connectivity index (χ1v) is 8.48. The molecular formula is C17H33NO. The molecule has 0 aromatic rings. The van der Waals surface area contributed by atoms with Gasteiger partial charge in [0.15, 0.2) is 0 Å². The monoisotopic (exact) mass is 267 g/mol. The van der Waals surface area contributed by atoms with E-state index in [9.17, 15) is 0 Å². The van der Waals surface area contributed by atoms with Crippen LogP contribution in [0.1, 0.15) is 59.3 Å². The van der Waals surface area contributed by atoms with Crippen molar-refractivity contribution in [1.82, 2.24) is 5.32 Å². The summed E-state index contributed by atoms with van der Waals surface area (Å²) in [5.41, 5.74) is 0. The van der Waals surface area contributed by atoms with E-state index in [1.807, 2.05) is 0 Å². The number of nitrogens with one attached hydrogen (secondary N) is 1. The molecule has 19 heavy (non-hydrogen) atoms. The molecule has 0 bridgehead atoms. The van der Waals surface area contributed by atoms with Crippen LogP contribution in [-0.4, -0.2) is 25.8 Å². The molecule has 2 aliphatic rings. The van der Waals surface area contributed by atoms with Gasteiger partial charge in [0.1, 0.15) is 0 Å². The van der Waals surface area contributed by atoms with Gasteiger partial charge in [-0.3, -0.25) is 0 Å². The largest absolute Gasteiger partial charge is 0.381 e. The third-order valence-electron chi connectivity index (χ3n) is 4.94. The van der Waals surface area contributed by atoms with E-state index in [2.05, 4.69) is 26.1 Å². The Kier molecular flexibility index (Phi) is 6.15. The molecule has 112 valence electrons. The van der Waals surface area contributed by atoms with Gasteiger partial charge in [-0.2, -0.15) is 0 Å². The van der Waals surface area contributed by atoms with Gasteiger partial charge in [0.2, 0.25) is 0 Å². The van der Waals surface area contributed by atoms with Crippen LogP contribution in [0.2, 0.25) is 0 Å². The molecule has 2 fully saturated rings. The van der Waals surface area contributed by atoms with E-state index in [0.29, 0.717) is 0 Å². The van der Waals surface area contributed by atoms with Crippen LogP contribution < -0.4 is 5.32 Å². The highest BCUT2D eigenvalue weighted by Gasteiger charge is 2.29. The zero-order chi connectivity index (χ0) is 13.7. The molecule has 2 aliphatic carbocycles. The maximum absolute atomic E-state index is 5.70. The SMILES string of the molecule is CC(C)[C@H]1CC[C@@H](C)C[C@H]1NCCCOCC1CC1. The van der Waals surface area contributed by atoms with Gasteiger partial charge in [-0.05, 0) is 62.3 Å². The summed E-state index contributed by atoms with van der Waals surface area (Å²) in [5, 5.41) is 3.81. The van der Waals surface area contributed by atoms with Gasteiger partial charge in [-0.15, -0.1) is 0 Å². The van der Waals surface area contributed by atoms with Gasteiger partial charge in [0.25, 0.3) is 0 Å². The third kappa shape index (κ3) is 5.43. The Morgan fingerprint density at radius 3 is 2.63 bits per heavy atom. The molecule has 1 N–H and O–H groups in total. The summed E-state index contributed by atoms with van der Waals surface area (Å²) in [7, 11) is 0. The highest BCUT2D eigenvalue weighted by molar-refractivity contribution is 4.85. The predicted molar refractivity (Wildman–Crippen MR) is 81.3 cm³/mol. The lowest BCUT2D eigenvalue weighted by Gasteiger charge is -2.38. The van der Waals surface area contributed by atoms with E-state index < -0.39 is 0 Å². The van der Waals surface area contributed by atoms with Crippen molar-refractivity contribution in [3.63, 3.8) is 0 Å². The van der Waals surface area contributed by atoms with E-state index in [0.717, 1.165) is 49.5 Å². The molecule has 0 spiro atoms. The minimum Gasteiger partial charge on any atom is -0.381 e. The van der Waals surface area contributed by atoms with E-state index in [-0.39, 0.29) is 0 Å². The average molecular weight is 267 g/mol. The minimum absolute atomic E-state index is 0.743. The number of hydrogen-bond acceptors (Lipinski definition) is 2. The van der Waals surface area contributed by atoms with E-state index in [1.54, 1.807) is 0 Å². The molecule has 0 heterocycles. The number of rotatable bonds is 8. The standard InChI is InChI=1S/C17H33NO/c1-13(2)16-8-5-14(3)11-17(16)18-9-4-10-19-12-15-6-7-15/h13-18H,4-12H2,1-3H3/t14-,16-,17-/m1/s1. The van der Waals surface area contributed by atoms with Crippen molar-refractivity contribution in [3.8, 4) is 0 Å². The molecule has 2 saturated carbocycles. The summed E-state index contributed by atoms with van der Waals surface area (Å²) in [6.45, 7) is 10.3. The lowest BCUT2D eigenvalue weighted by atomic mass is 9.74. The van der Waals surface area contributed by atoms with Crippen LogP contribution in [0.25, 0.3) is 0 Å². The fourth-order valence-electron chi connectivity index (χ4n) is 3.43. The summed E-state index contributed by atoms with van der Waals surface area (Å²) in [5.74, 6) is 3.50. The summed E-state index contributed by atoms with van der Waals surface area (Å²) in [4.78, 5) is 0. The van der Waals surface area contributed by atoms with Crippen LogP contribution in [0.15, 0.2) is 0 Å². The van der Waals surface area contributed by atoms with Crippen LogP contribution in [0.4, 0.5) is 0 Å². The third-order valence-corrected chi connectivity index (χ3v) is 4.94. The van der Waals surface area contributed by atoms with E-state index >= 15 is 0 Å². The minimum atomic E-state index is 0.743. The molecule has 0 saturated heterocycles. The van der Waals surface area contributed by atoms with E-state index in [1.165, 1.54) is 38.5 Å². The van der Waals surface area contributed by atoms with Crippen molar-refractivity contribution >= 4 is 0 Å². The second kappa shape index (κ2) is 7.64. The van der Waals surface area contributed by atoms with Crippen molar-refractivity contribution in [3.05, 3.63) is 0 Å². The number of hydrogen-bond donors (Lipinski definition) is 1. The Labute approximate surface area is 119 Å². The van der Waals surface area contributed by atoms with Gasteiger partial charge >= 0.3 is 0 Å². The molecule has 2 nitrogen and oxygen atoms in total. The molecule has 0 radical (unpaired) electrons. The van der Waals surface area contributed by atoms with Crippen LogP contribution in [-0.2, 0) is 4.74 Å². The molecule has 0 aromatic carbocycles. The second-order valence-corrected chi connectivity index (χ2v) is 7.26. The normalized spacial score (nSPS) is 31.9. The first kappa shape index (κ1) is 15.3. The first-order valence-electron chi connectivity index (χ1n) is 8.48. The van der Waals surface area contributed by atoms with Crippen LogP contribution in [0.5, 0.6) is 0 Å². The topological polar surface area (TPSA) is 21.3 Å². The molecule has 0 amide bonds. The first-order chi connectivity index (χ1) is 9.16. The summed E-state index contributed by atoms with van der Waals surface area (Å²) in [6, 6.07) is 0.743. The smallest absolute Gasteiger partial charge is 0.0494 e. The highest BCUT2D eigenvalue weighted by Crippen LogP contribution is 2.33. The maximum atomic E-state index is 5.70. The molecule has 3 atom stereocenters. The van der Waals surface area contributed by atoms with Gasteiger partial charge in [-0.25, -0.2) is 0 Å². The highest BCUT2D eigenvalue weighted by atomic mass is 16.5. The van der Waals surface area contributed by atoms with Crippen LogP contribution in [0, 0.1) is 23.7 Å². The lowest BCUT2D eigenvalue weighted by Crippen LogP contribution is -2.43. The zero-order valence-corrected chi connectivity index (χ0v) is 13.2. The Hall–Kier alpha value is -0.0800. The van der Waals surface area contributed by atoms with Crippen molar-refractivity contribution in [2.75, 3.05) is 19.8 Å². The average Bonchev–Trinajstić information content (AvgIpc) is 3.17. The van der Waals surface area contributed by atoms with E-state index in [4.69, 9.17) is 4.74 Å². The van der Waals surface area contributed by atoms with Crippen molar-refractivity contribution in [2.24, 2.45) is 23.7 Å². The Balaban J connectivity index is 1.58. The molecule has 2 heteroatoms. The van der Waals surface area contributed by atoms with Crippen molar-refractivity contribution in [2.45, 2.75) is 65.3 Å². The summed E-state index contributed by atoms with van der Waals surface area (Å²) in [6.07, 6.45) is 8.16. The zero-order valence-electron chi connectivity index (χ0n) is 13.2. The maximum Gasteiger partial charge on any atom is 0.0494 e. The van der Waals surface area contributed by atoms with Gasteiger partial charge in [-0.1, -0.05) is 27.2 Å². The van der Waals surface area contributed by atoms with Crippen molar-refractivity contribution < 1.29 is 4.74 Å². The molecular weight excluding hydrogens is 234 g/mol. The summed E-state index contributed by atoms with van der Waals surface area (Å²) >= 11 is 0. The second-order valence-electron chi connectivity index (χ2n) is 7.26. The Morgan fingerprint density at radius 1 is 1.16 bits per heavy atom. The van der Waals surface area contributed by atoms with Crippen LogP contribution in [0.3, 0.4) is 0 Å². The predicted octanol–water partition coefficient (Wildman–Crippen LogP) is 3.85. The molecule has 2 rings (SSSR count). The fourth-order valence-corrected chi connectivity index (χ4v) is 3.43. The van der Waals surface area contributed by atoms with Crippen LogP contribution >= 0.6 is 0 Å². The summed E-state index contributed by atoms with van der Waals surface area (Å²) < 4.78 is 5.70. The van der Waals surface area contributed by atoms with Gasteiger partial charge in [0.05, 0.1) is 0 Å². The molecule has 0 aliphatic heterocycles. The fraction of sp³-hybridized carbons (Fsp3) is 1.00. The quantitative estimate of drug-likeness (QED) is 0.674. The Bertz CT molecular complexity index is 250.